The van der Waals surface area contributed by atoms with Crippen LogP contribution in [-0.4, -0.2) is 50.8 Å². The number of nitrogens with zero attached hydrogens (tertiary/aromatic N) is 5. The molecule has 1 aliphatic carbocycles. The average Bonchev–Trinajstić information content (AvgIpc) is 3.59. The van der Waals surface area contributed by atoms with Crippen molar-refractivity contribution in [1.29, 1.82) is 0 Å². The van der Waals surface area contributed by atoms with E-state index in [0.29, 0.717) is 40.2 Å². The molecule has 2 aromatic heterocycles. The molecule has 1 amide bonds. The third kappa shape index (κ3) is 4.10. The molecule has 8 nitrogen and oxygen atoms in total. The molecule has 2 atom stereocenters. The van der Waals surface area contributed by atoms with Crippen molar-refractivity contribution in [3.8, 4) is 0 Å². The Bertz CT molecular complexity index is 1450. The predicted octanol–water partition coefficient (Wildman–Crippen LogP) is 3.97. The zero-order chi connectivity index (χ0) is 24.3. The molecule has 1 aliphatic heterocycles. The number of amides is 1. The summed E-state index contributed by atoms with van der Waals surface area (Å²) >= 11 is 0. The van der Waals surface area contributed by atoms with Crippen LogP contribution in [0.1, 0.15) is 48.8 Å². The summed E-state index contributed by atoms with van der Waals surface area (Å²) in [6.07, 6.45) is 5.73. The summed E-state index contributed by atoms with van der Waals surface area (Å²) in [5.74, 6) is 0.347. The Morgan fingerprint density at radius 1 is 1.14 bits per heavy atom. The number of carbonyl (C=O) groups is 1. The van der Waals surface area contributed by atoms with Gasteiger partial charge >= 0.3 is 0 Å². The zero-order valence-corrected chi connectivity index (χ0v) is 20.0. The van der Waals surface area contributed by atoms with Crippen LogP contribution >= 0.6 is 0 Å². The molecule has 2 aromatic carbocycles. The van der Waals surface area contributed by atoms with E-state index in [0.717, 1.165) is 42.8 Å². The summed E-state index contributed by atoms with van der Waals surface area (Å²) in [6, 6.07) is 7.54. The molecule has 6 rings (SSSR count). The molecule has 0 radical (unpaired) electrons. The summed E-state index contributed by atoms with van der Waals surface area (Å²) < 4.78 is 16.1. The van der Waals surface area contributed by atoms with Crippen LogP contribution in [0, 0.1) is 5.82 Å². The number of nitrogens with one attached hydrogen (secondary N) is 2. The SMILES string of the molecule is CC1CN(c2ccc(C(=O)Nc3cc(F)c4nn(C)cc4c3)c3nc(C4CC4)ncc23)CC(C)N1. The first-order chi connectivity index (χ1) is 16.9. The van der Waals surface area contributed by atoms with Gasteiger partial charge in [0.05, 0.1) is 11.1 Å². The van der Waals surface area contributed by atoms with Crippen molar-refractivity contribution in [1.82, 2.24) is 25.1 Å². The predicted molar refractivity (Wildman–Crippen MR) is 134 cm³/mol. The first kappa shape index (κ1) is 21.9. The lowest BCUT2D eigenvalue weighted by atomic mass is 10.0. The fourth-order valence-electron chi connectivity index (χ4n) is 5.12. The lowest BCUT2D eigenvalue weighted by molar-refractivity contribution is 0.102. The number of hydrogen-bond donors (Lipinski definition) is 2. The van der Waals surface area contributed by atoms with Gasteiger partial charge in [-0.2, -0.15) is 5.10 Å². The number of aromatic nitrogens is 4. The van der Waals surface area contributed by atoms with Gasteiger partial charge in [-0.3, -0.25) is 9.48 Å². The van der Waals surface area contributed by atoms with Crippen LogP contribution in [-0.2, 0) is 7.05 Å². The Kier molecular flexibility index (Phi) is 5.17. The van der Waals surface area contributed by atoms with E-state index >= 15 is 0 Å². The molecule has 4 aromatic rings. The monoisotopic (exact) mass is 473 g/mol. The molecule has 2 fully saturated rings. The summed E-state index contributed by atoms with van der Waals surface area (Å²) in [5.41, 5.74) is 2.78. The van der Waals surface area contributed by atoms with Crippen molar-refractivity contribution >= 4 is 39.1 Å². The fourth-order valence-corrected chi connectivity index (χ4v) is 5.12. The van der Waals surface area contributed by atoms with Crippen molar-refractivity contribution in [3.05, 3.63) is 53.9 Å². The highest BCUT2D eigenvalue weighted by Gasteiger charge is 2.29. The molecule has 2 N–H and O–H groups in total. The van der Waals surface area contributed by atoms with Crippen LogP contribution in [0.25, 0.3) is 21.8 Å². The Hall–Kier alpha value is -3.59. The van der Waals surface area contributed by atoms with Crippen LogP contribution < -0.4 is 15.5 Å². The van der Waals surface area contributed by atoms with E-state index < -0.39 is 5.82 Å². The van der Waals surface area contributed by atoms with Crippen molar-refractivity contribution in [3.63, 3.8) is 0 Å². The molecule has 35 heavy (non-hydrogen) atoms. The number of benzene rings is 2. The molecule has 1 saturated carbocycles. The van der Waals surface area contributed by atoms with E-state index in [9.17, 15) is 9.18 Å². The largest absolute Gasteiger partial charge is 0.368 e. The maximum atomic E-state index is 14.6. The minimum Gasteiger partial charge on any atom is -0.368 e. The highest BCUT2D eigenvalue weighted by molar-refractivity contribution is 6.14. The summed E-state index contributed by atoms with van der Waals surface area (Å²) in [6.45, 7) is 6.07. The number of halogens is 1. The van der Waals surface area contributed by atoms with Crippen molar-refractivity contribution in [2.24, 2.45) is 7.05 Å². The van der Waals surface area contributed by atoms with Gasteiger partial charge in [0.2, 0.25) is 0 Å². The number of carbonyl (C=O) groups excluding carboxylic acids is 1. The van der Waals surface area contributed by atoms with Crippen molar-refractivity contribution < 1.29 is 9.18 Å². The Balaban J connectivity index is 1.40. The van der Waals surface area contributed by atoms with E-state index in [2.05, 4.69) is 39.5 Å². The van der Waals surface area contributed by atoms with Gasteiger partial charge in [0.25, 0.3) is 5.91 Å². The van der Waals surface area contributed by atoms with Crippen LogP contribution in [0.4, 0.5) is 15.8 Å². The van der Waals surface area contributed by atoms with E-state index in [1.54, 1.807) is 24.0 Å². The van der Waals surface area contributed by atoms with Gasteiger partial charge in [0, 0.05) is 72.7 Å². The summed E-state index contributed by atoms with van der Waals surface area (Å²) in [4.78, 5) is 25.3. The molecule has 1 saturated heterocycles. The van der Waals surface area contributed by atoms with Gasteiger partial charge in [-0.05, 0) is 51.0 Å². The first-order valence-corrected chi connectivity index (χ1v) is 12.1. The first-order valence-electron chi connectivity index (χ1n) is 12.1. The molecular formula is C26H28FN7O. The zero-order valence-electron chi connectivity index (χ0n) is 20.0. The van der Waals surface area contributed by atoms with E-state index in [1.165, 1.54) is 6.07 Å². The summed E-state index contributed by atoms with van der Waals surface area (Å²) in [7, 11) is 1.74. The quantitative estimate of drug-likeness (QED) is 0.466. The van der Waals surface area contributed by atoms with Gasteiger partial charge in [-0.25, -0.2) is 14.4 Å². The molecule has 0 spiro atoms. The Labute approximate surface area is 202 Å². The Morgan fingerprint density at radius 3 is 2.66 bits per heavy atom. The number of piperazine rings is 1. The normalized spacial score (nSPS) is 20.5. The number of aryl methyl sites for hydroxylation is 1. The molecule has 9 heteroatoms. The third-order valence-corrected chi connectivity index (χ3v) is 6.77. The van der Waals surface area contributed by atoms with Crippen LogP contribution in [0.5, 0.6) is 0 Å². The molecular weight excluding hydrogens is 445 g/mol. The van der Waals surface area contributed by atoms with Gasteiger partial charge in [0.15, 0.2) is 5.82 Å². The van der Waals surface area contributed by atoms with Crippen molar-refractivity contribution in [2.75, 3.05) is 23.3 Å². The number of hydrogen-bond acceptors (Lipinski definition) is 6. The standard InChI is InChI=1S/C26H28FN7O/c1-14-11-34(12-15(2)29-14)22-7-6-19(24-20(22)10-28-25(31-24)16-4-5-16)26(35)30-18-8-17-13-33(3)32-23(17)21(27)9-18/h6-10,13-16,29H,4-5,11-12H2,1-3H3,(H,30,35). The molecule has 3 heterocycles. The van der Waals surface area contributed by atoms with Gasteiger partial charge in [-0.1, -0.05) is 0 Å². The molecule has 2 unspecified atom stereocenters. The van der Waals surface area contributed by atoms with Crippen LogP contribution in [0.15, 0.2) is 36.7 Å². The third-order valence-electron chi connectivity index (χ3n) is 6.77. The maximum absolute atomic E-state index is 14.6. The van der Waals surface area contributed by atoms with E-state index in [4.69, 9.17) is 4.98 Å². The average molecular weight is 474 g/mol. The van der Waals surface area contributed by atoms with E-state index in [1.807, 2.05) is 18.3 Å². The number of rotatable bonds is 4. The van der Waals surface area contributed by atoms with Gasteiger partial charge in [0.1, 0.15) is 11.3 Å². The molecule has 0 bridgehead atoms. The number of fused-ring (bicyclic) bond motifs is 2. The van der Waals surface area contributed by atoms with Gasteiger partial charge in [-0.15, -0.1) is 0 Å². The summed E-state index contributed by atoms with van der Waals surface area (Å²) in [5, 5.41) is 12.0. The second-order valence-electron chi connectivity index (χ2n) is 9.92. The van der Waals surface area contributed by atoms with E-state index in [-0.39, 0.29) is 11.4 Å². The highest BCUT2D eigenvalue weighted by atomic mass is 19.1. The number of anilines is 2. The van der Waals surface area contributed by atoms with Gasteiger partial charge < -0.3 is 15.5 Å². The fraction of sp³-hybridized carbons (Fsp3) is 0.385. The lowest BCUT2D eigenvalue weighted by Crippen LogP contribution is -2.54. The van der Waals surface area contributed by atoms with Crippen LogP contribution in [0.2, 0.25) is 0 Å². The molecule has 2 aliphatic rings. The lowest BCUT2D eigenvalue weighted by Gasteiger charge is -2.38. The Morgan fingerprint density at radius 2 is 1.91 bits per heavy atom. The second-order valence-corrected chi connectivity index (χ2v) is 9.92. The van der Waals surface area contributed by atoms with Crippen molar-refractivity contribution in [2.45, 2.75) is 44.7 Å². The topological polar surface area (TPSA) is 88.0 Å². The van der Waals surface area contributed by atoms with Crippen LogP contribution in [0.3, 0.4) is 0 Å². The minimum absolute atomic E-state index is 0.279. The second kappa shape index (κ2) is 8.27. The highest BCUT2D eigenvalue weighted by Crippen LogP contribution is 2.39. The minimum atomic E-state index is -0.473. The smallest absolute Gasteiger partial charge is 0.257 e. The molecule has 180 valence electrons. The maximum Gasteiger partial charge on any atom is 0.257 e.